The van der Waals surface area contributed by atoms with Gasteiger partial charge < -0.3 is 10.0 Å². The van der Waals surface area contributed by atoms with Crippen molar-refractivity contribution in [3.63, 3.8) is 0 Å². The lowest BCUT2D eigenvalue weighted by Gasteiger charge is -2.21. The summed E-state index contributed by atoms with van der Waals surface area (Å²) in [7, 11) is 0. The van der Waals surface area contributed by atoms with Gasteiger partial charge in [0.2, 0.25) is 5.91 Å². The van der Waals surface area contributed by atoms with Crippen molar-refractivity contribution < 1.29 is 14.7 Å². The highest BCUT2D eigenvalue weighted by atomic mass is 16.4. The number of carbonyl (C=O) groups is 2. The number of nitrogens with zero attached hydrogens (tertiary/aromatic N) is 1. The maximum absolute atomic E-state index is 12.2. The van der Waals surface area contributed by atoms with Crippen LogP contribution in [0.5, 0.6) is 0 Å². The van der Waals surface area contributed by atoms with E-state index in [4.69, 9.17) is 5.11 Å². The van der Waals surface area contributed by atoms with Gasteiger partial charge in [0.1, 0.15) is 0 Å². The van der Waals surface area contributed by atoms with E-state index in [1.54, 1.807) is 18.2 Å². The lowest BCUT2D eigenvalue weighted by Crippen LogP contribution is -2.33. The normalized spacial score (nSPS) is 10.2. The molecule has 104 valence electrons. The van der Waals surface area contributed by atoms with Crippen molar-refractivity contribution in [2.75, 3.05) is 13.1 Å². The molecule has 0 aliphatic carbocycles. The van der Waals surface area contributed by atoms with Gasteiger partial charge in [-0.3, -0.25) is 4.79 Å². The molecular formula is C15H21NO3. The molecular weight excluding hydrogens is 242 g/mol. The minimum Gasteiger partial charge on any atom is -0.478 e. The van der Waals surface area contributed by atoms with Crippen LogP contribution in [0.25, 0.3) is 0 Å². The molecule has 4 heteroatoms. The van der Waals surface area contributed by atoms with Crippen LogP contribution in [0.1, 0.15) is 42.6 Å². The van der Waals surface area contributed by atoms with E-state index in [1.165, 1.54) is 6.07 Å². The second-order valence-corrected chi connectivity index (χ2v) is 4.56. The van der Waals surface area contributed by atoms with E-state index in [1.807, 2.05) is 18.7 Å². The molecule has 1 aromatic rings. The first-order valence-corrected chi connectivity index (χ1v) is 6.68. The van der Waals surface area contributed by atoms with Gasteiger partial charge in [-0.2, -0.15) is 0 Å². The standard InChI is InChI=1S/C15H21NO3/c1-3-8-16(9-4-2)14(17)11-12-6-5-7-13(10-12)15(18)19/h5-7,10H,3-4,8-9,11H2,1-2H3,(H,18,19). The zero-order valence-corrected chi connectivity index (χ0v) is 11.6. The molecule has 4 nitrogen and oxygen atoms in total. The first-order chi connectivity index (χ1) is 9.08. The Morgan fingerprint density at radius 1 is 1.16 bits per heavy atom. The van der Waals surface area contributed by atoms with E-state index in [9.17, 15) is 9.59 Å². The van der Waals surface area contributed by atoms with Crippen molar-refractivity contribution in [3.8, 4) is 0 Å². The molecule has 1 rings (SSSR count). The number of carbonyl (C=O) groups excluding carboxylic acids is 1. The van der Waals surface area contributed by atoms with Crippen molar-refractivity contribution in [1.29, 1.82) is 0 Å². The summed E-state index contributed by atoms with van der Waals surface area (Å²) < 4.78 is 0. The van der Waals surface area contributed by atoms with E-state index in [0.717, 1.165) is 31.5 Å². The van der Waals surface area contributed by atoms with Crippen LogP contribution in [0.4, 0.5) is 0 Å². The molecule has 1 N–H and O–H groups in total. The van der Waals surface area contributed by atoms with Crippen molar-refractivity contribution in [2.45, 2.75) is 33.1 Å². The van der Waals surface area contributed by atoms with Gasteiger partial charge in [-0.25, -0.2) is 4.79 Å². The Bertz CT molecular complexity index is 437. The van der Waals surface area contributed by atoms with E-state index < -0.39 is 5.97 Å². The predicted octanol–water partition coefficient (Wildman–Crippen LogP) is 2.58. The van der Waals surface area contributed by atoms with Crippen LogP contribution >= 0.6 is 0 Å². The largest absolute Gasteiger partial charge is 0.478 e. The van der Waals surface area contributed by atoms with Gasteiger partial charge >= 0.3 is 5.97 Å². The molecule has 0 atom stereocenters. The van der Waals surface area contributed by atoms with Crippen molar-refractivity contribution >= 4 is 11.9 Å². The van der Waals surface area contributed by atoms with Gasteiger partial charge in [0.15, 0.2) is 0 Å². The Morgan fingerprint density at radius 3 is 2.32 bits per heavy atom. The quantitative estimate of drug-likeness (QED) is 0.822. The average Bonchev–Trinajstić information content (AvgIpc) is 2.38. The molecule has 0 fully saturated rings. The molecule has 0 heterocycles. The van der Waals surface area contributed by atoms with Gasteiger partial charge in [-0.05, 0) is 30.5 Å². The van der Waals surface area contributed by atoms with Gasteiger partial charge in [-0.15, -0.1) is 0 Å². The fourth-order valence-corrected chi connectivity index (χ4v) is 2.00. The number of carboxylic acid groups (broad SMARTS) is 1. The first-order valence-electron chi connectivity index (χ1n) is 6.68. The lowest BCUT2D eigenvalue weighted by molar-refractivity contribution is -0.130. The lowest BCUT2D eigenvalue weighted by atomic mass is 10.1. The first kappa shape index (κ1) is 15.2. The second-order valence-electron chi connectivity index (χ2n) is 4.56. The highest BCUT2D eigenvalue weighted by molar-refractivity contribution is 5.88. The highest BCUT2D eigenvalue weighted by Crippen LogP contribution is 2.08. The molecule has 0 spiro atoms. The SMILES string of the molecule is CCCN(CCC)C(=O)Cc1cccc(C(=O)O)c1. The molecule has 0 radical (unpaired) electrons. The number of hydrogen-bond donors (Lipinski definition) is 1. The third-order valence-electron chi connectivity index (χ3n) is 2.87. The van der Waals surface area contributed by atoms with Gasteiger partial charge in [0.25, 0.3) is 0 Å². The van der Waals surface area contributed by atoms with Crippen LogP contribution in [0.15, 0.2) is 24.3 Å². The third-order valence-corrected chi connectivity index (χ3v) is 2.87. The van der Waals surface area contributed by atoms with Crippen LogP contribution in [-0.4, -0.2) is 35.0 Å². The molecule has 19 heavy (non-hydrogen) atoms. The number of carboxylic acids is 1. The average molecular weight is 263 g/mol. The Labute approximate surface area is 114 Å². The minimum atomic E-state index is -0.965. The van der Waals surface area contributed by atoms with E-state index in [0.29, 0.717) is 0 Å². The number of benzene rings is 1. The van der Waals surface area contributed by atoms with Crippen LogP contribution in [0, 0.1) is 0 Å². The van der Waals surface area contributed by atoms with Gasteiger partial charge in [0, 0.05) is 13.1 Å². The number of hydrogen-bond acceptors (Lipinski definition) is 2. The number of rotatable bonds is 7. The maximum atomic E-state index is 12.2. The molecule has 0 unspecified atom stereocenters. The molecule has 0 saturated carbocycles. The Kier molecular flexibility index (Phi) is 6.06. The van der Waals surface area contributed by atoms with Crippen molar-refractivity contribution in [1.82, 2.24) is 4.90 Å². The van der Waals surface area contributed by atoms with E-state index >= 15 is 0 Å². The summed E-state index contributed by atoms with van der Waals surface area (Å²) in [6, 6.07) is 6.57. The Morgan fingerprint density at radius 2 is 1.79 bits per heavy atom. The topological polar surface area (TPSA) is 57.6 Å². The summed E-state index contributed by atoms with van der Waals surface area (Å²) in [5.74, 6) is -0.903. The molecule has 0 bridgehead atoms. The summed E-state index contributed by atoms with van der Waals surface area (Å²) in [6.07, 6.45) is 2.13. The highest BCUT2D eigenvalue weighted by Gasteiger charge is 2.13. The zero-order valence-electron chi connectivity index (χ0n) is 11.6. The predicted molar refractivity (Wildman–Crippen MR) is 74.3 cm³/mol. The van der Waals surface area contributed by atoms with Crippen molar-refractivity contribution in [2.24, 2.45) is 0 Å². The summed E-state index contributed by atoms with van der Waals surface area (Å²) in [5.41, 5.74) is 0.977. The van der Waals surface area contributed by atoms with E-state index in [2.05, 4.69) is 0 Å². The zero-order chi connectivity index (χ0) is 14.3. The summed E-state index contributed by atoms with van der Waals surface area (Å²) >= 11 is 0. The number of amides is 1. The fraction of sp³-hybridized carbons (Fsp3) is 0.467. The van der Waals surface area contributed by atoms with Crippen molar-refractivity contribution in [3.05, 3.63) is 35.4 Å². The molecule has 1 aromatic carbocycles. The summed E-state index contributed by atoms with van der Waals surface area (Å²) in [4.78, 5) is 24.9. The van der Waals surface area contributed by atoms with Crippen LogP contribution in [-0.2, 0) is 11.2 Å². The Balaban J connectivity index is 2.74. The minimum absolute atomic E-state index is 0.0613. The molecule has 0 aromatic heterocycles. The number of aromatic carboxylic acids is 1. The fourth-order valence-electron chi connectivity index (χ4n) is 2.00. The molecule has 0 aliphatic rings. The molecule has 0 saturated heterocycles. The van der Waals surface area contributed by atoms with Crippen LogP contribution in [0.2, 0.25) is 0 Å². The van der Waals surface area contributed by atoms with Gasteiger partial charge in [-0.1, -0.05) is 26.0 Å². The smallest absolute Gasteiger partial charge is 0.335 e. The molecule has 1 amide bonds. The maximum Gasteiger partial charge on any atom is 0.335 e. The third kappa shape index (κ3) is 4.73. The summed E-state index contributed by atoms with van der Waals surface area (Å²) in [6.45, 7) is 5.60. The van der Waals surface area contributed by atoms with Crippen LogP contribution < -0.4 is 0 Å². The van der Waals surface area contributed by atoms with Crippen LogP contribution in [0.3, 0.4) is 0 Å². The van der Waals surface area contributed by atoms with Gasteiger partial charge in [0.05, 0.1) is 12.0 Å². The molecule has 0 aliphatic heterocycles. The monoisotopic (exact) mass is 263 g/mol. The Hall–Kier alpha value is -1.84. The second kappa shape index (κ2) is 7.56. The summed E-state index contributed by atoms with van der Waals surface area (Å²) in [5, 5.41) is 8.93. The van der Waals surface area contributed by atoms with E-state index in [-0.39, 0.29) is 17.9 Å².